The van der Waals surface area contributed by atoms with Gasteiger partial charge in [-0.05, 0) is 25.2 Å². The SMILES string of the molecule is CCCC[C@H](NC(=O)CNC(=O)C1CC(=O)CN1)C(=O)NCC(=O)N[C@@H](CC(C)C)C(=O)N(CCC)CC(=O)O. The number of carbonyl (C=O) groups excluding carboxylic acids is 6. The van der Waals surface area contributed by atoms with Crippen LogP contribution in [0.1, 0.15) is 66.2 Å². The molecule has 1 aliphatic rings. The van der Waals surface area contributed by atoms with Crippen molar-refractivity contribution in [1.29, 1.82) is 0 Å². The van der Waals surface area contributed by atoms with Crippen LogP contribution < -0.4 is 26.6 Å². The zero-order valence-electron chi connectivity index (χ0n) is 23.8. The smallest absolute Gasteiger partial charge is 0.323 e. The number of hydrogen-bond acceptors (Lipinski definition) is 8. The Kier molecular flexibility index (Phi) is 15.4. The highest BCUT2D eigenvalue weighted by atomic mass is 16.4. The van der Waals surface area contributed by atoms with Crippen molar-refractivity contribution in [3.8, 4) is 0 Å². The molecule has 0 spiro atoms. The average molecular weight is 569 g/mol. The lowest BCUT2D eigenvalue weighted by atomic mass is 10.0. The Bertz CT molecular complexity index is 925. The van der Waals surface area contributed by atoms with E-state index in [1.54, 1.807) is 0 Å². The fraction of sp³-hybridized carbons (Fsp3) is 0.731. The summed E-state index contributed by atoms with van der Waals surface area (Å²) in [6.45, 7) is 6.45. The second-order valence-corrected chi connectivity index (χ2v) is 10.3. The van der Waals surface area contributed by atoms with Gasteiger partial charge in [0.2, 0.25) is 29.5 Å². The van der Waals surface area contributed by atoms with Gasteiger partial charge >= 0.3 is 5.97 Å². The summed E-state index contributed by atoms with van der Waals surface area (Å²) in [5.74, 6) is -4.06. The van der Waals surface area contributed by atoms with Crippen LogP contribution in [0, 0.1) is 5.92 Å². The quantitative estimate of drug-likeness (QED) is 0.116. The van der Waals surface area contributed by atoms with E-state index >= 15 is 0 Å². The van der Waals surface area contributed by atoms with Crippen molar-refractivity contribution in [3.05, 3.63) is 0 Å². The molecule has 5 amide bonds. The molecule has 3 atom stereocenters. The monoisotopic (exact) mass is 568 g/mol. The van der Waals surface area contributed by atoms with Gasteiger partial charge in [0.05, 0.1) is 25.7 Å². The predicted molar refractivity (Wildman–Crippen MR) is 145 cm³/mol. The second-order valence-electron chi connectivity index (χ2n) is 10.3. The summed E-state index contributed by atoms with van der Waals surface area (Å²) >= 11 is 0. The summed E-state index contributed by atoms with van der Waals surface area (Å²) < 4.78 is 0. The zero-order valence-corrected chi connectivity index (χ0v) is 23.8. The normalized spacial score (nSPS) is 16.1. The third-order valence-corrected chi connectivity index (χ3v) is 6.11. The molecule has 0 aromatic rings. The van der Waals surface area contributed by atoms with Crippen molar-refractivity contribution in [2.45, 2.75) is 84.3 Å². The number of amides is 5. The maximum Gasteiger partial charge on any atom is 0.323 e. The summed E-state index contributed by atoms with van der Waals surface area (Å²) in [4.78, 5) is 86.7. The number of hydrogen-bond donors (Lipinski definition) is 6. The van der Waals surface area contributed by atoms with Gasteiger partial charge in [-0.25, -0.2) is 0 Å². The van der Waals surface area contributed by atoms with Crippen LogP contribution in [0.2, 0.25) is 0 Å². The fourth-order valence-electron chi connectivity index (χ4n) is 4.16. The Morgan fingerprint density at radius 2 is 1.60 bits per heavy atom. The molecule has 226 valence electrons. The van der Waals surface area contributed by atoms with E-state index in [-0.39, 0.29) is 44.2 Å². The lowest BCUT2D eigenvalue weighted by Crippen LogP contribution is -2.54. The average Bonchev–Trinajstić information content (AvgIpc) is 3.33. The van der Waals surface area contributed by atoms with E-state index in [9.17, 15) is 33.6 Å². The maximum absolute atomic E-state index is 13.0. The number of nitrogens with zero attached hydrogens (tertiary/aromatic N) is 1. The number of ketones is 1. The first kappa shape index (κ1) is 34.5. The van der Waals surface area contributed by atoms with E-state index in [2.05, 4.69) is 26.6 Å². The molecule has 14 nitrogen and oxygen atoms in total. The Labute approximate surface area is 234 Å². The van der Waals surface area contributed by atoms with Gasteiger partial charge in [-0.1, -0.05) is 40.5 Å². The van der Waals surface area contributed by atoms with E-state index in [0.29, 0.717) is 19.3 Å². The summed E-state index contributed by atoms with van der Waals surface area (Å²) in [5.41, 5.74) is 0. The molecule has 1 rings (SSSR count). The van der Waals surface area contributed by atoms with Gasteiger partial charge in [-0.15, -0.1) is 0 Å². The molecule has 0 aromatic carbocycles. The van der Waals surface area contributed by atoms with Crippen LogP contribution in [-0.4, -0.2) is 102 Å². The van der Waals surface area contributed by atoms with E-state index in [4.69, 9.17) is 5.11 Å². The largest absolute Gasteiger partial charge is 0.480 e. The van der Waals surface area contributed by atoms with Crippen molar-refractivity contribution < 1.29 is 38.7 Å². The van der Waals surface area contributed by atoms with Crippen molar-refractivity contribution in [3.63, 3.8) is 0 Å². The van der Waals surface area contributed by atoms with E-state index < -0.39 is 66.7 Å². The number of nitrogens with one attached hydrogen (secondary N) is 5. The Balaban J connectivity index is 2.71. The molecule has 0 bridgehead atoms. The first-order valence-corrected chi connectivity index (χ1v) is 13.8. The van der Waals surface area contributed by atoms with Gasteiger partial charge in [0.1, 0.15) is 24.4 Å². The standard InChI is InChI=1S/C26H44N6O8/c1-5-7-8-18(30-21(34)13-29-25(39)19-11-17(33)12-27-19)24(38)28-14-22(35)31-20(10-16(3)4)26(40)32(9-6-2)15-23(36)37/h16,18-20,27H,5-15H2,1-4H3,(H,28,38)(H,29,39)(H,30,34)(H,31,35)(H,36,37)/t18-,19?,20-/m0/s1. The van der Waals surface area contributed by atoms with Crippen LogP contribution in [0.25, 0.3) is 0 Å². The molecule has 0 saturated carbocycles. The summed E-state index contributed by atoms with van der Waals surface area (Å²) in [6, 6.07) is -2.60. The van der Waals surface area contributed by atoms with Crippen LogP contribution in [0.5, 0.6) is 0 Å². The van der Waals surface area contributed by atoms with Crippen LogP contribution in [0.15, 0.2) is 0 Å². The predicted octanol–water partition coefficient (Wildman–Crippen LogP) is -1.32. The number of aliphatic carboxylic acids is 1. The molecular formula is C26H44N6O8. The summed E-state index contributed by atoms with van der Waals surface area (Å²) in [7, 11) is 0. The number of Topliss-reactive ketones (excluding diaryl/α,β-unsaturated/α-hetero) is 1. The first-order chi connectivity index (χ1) is 18.9. The van der Waals surface area contributed by atoms with Gasteiger partial charge in [0, 0.05) is 13.0 Å². The molecule has 1 fully saturated rings. The lowest BCUT2D eigenvalue weighted by molar-refractivity contribution is -0.146. The molecule has 40 heavy (non-hydrogen) atoms. The molecule has 0 radical (unpaired) electrons. The molecule has 6 N–H and O–H groups in total. The van der Waals surface area contributed by atoms with Gasteiger partial charge in [0.25, 0.3) is 0 Å². The Morgan fingerprint density at radius 1 is 0.975 bits per heavy atom. The van der Waals surface area contributed by atoms with Gasteiger partial charge in [-0.2, -0.15) is 0 Å². The molecule has 0 aromatic heterocycles. The van der Waals surface area contributed by atoms with Gasteiger partial charge < -0.3 is 31.3 Å². The highest BCUT2D eigenvalue weighted by Gasteiger charge is 2.29. The molecule has 14 heteroatoms. The summed E-state index contributed by atoms with van der Waals surface area (Å²) in [5, 5.41) is 22.0. The maximum atomic E-state index is 13.0. The summed E-state index contributed by atoms with van der Waals surface area (Å²) in [6.07, 6.45) is 2.55. The van der Waals surface area contributed by atoms with Crippen LogP contribution in [0.3, 0.4) is 0 Å². The third kappa shape index (κ3) is 13.0. The van der Waals surface area contributed by atoms with Crippen molar-refractivity contribution in [2.75, 3.05) is 32.7 Å². The topological polar surface area (TPSA) is 203 Å². The number of carbonyl (C=O) groups is 7. The fourth-order valence-corrected chi connectivity index (χ4v) is 4.16. The second kappa shape index (κ2) is 17.9. The first-order valence-electron chi connectivity index (χ1n) is 13.8. The Morgan fingerprint density at radius 3 is 2.12 bits per heavy atom. The number of rotatable bonds is 18. The number of unbranched alkanes of at least 4 members (excludes halogenated alkanes) is 1. The zero-order chi connectivity index (χ0) is 30.2. The molecule has 1 heterocycles. The Hall–Kier alpha value is -3.55. The van der Waals surface area contributed by atoms with Crippen molar-refractivity contribution >= 4 is 41.3 Å². The van der Waals surface area contributed by atoms with Crippen LogP contribution >= 0.6 is 0 Å². The van der Waals surface area contributed by atoms with Gasteiger partial charge in [0.15, 0.2) is 0 Å². The molecule has 1 aliphatic heterocycles. The molecular weight excluding hydrogens is 524 g/mol. The van der Waals surface area contributed by atoms with Crippen molar-refractivity contribution in [2.24, 2.45) is 5.92 Å². The van der Waals surface area contributed by atoms with Gasteiger partial charge in [-0.3, -0.25) is 38.9 Å². The highest BCUT2D eigenvalue weighted by Crippen LogP contribution is 2.09. The number of carboxylic acid groups (broad SMARTS) is 1. The number of carboxylic acids is 1. The minimum atomic E-state index is -1.16. The highest BCUT2D eigenvalue weighted by molar-refractivity contribution is 5.96. The molecule has 1 unspecified atom stereocenters. The van der Waals surface area contributed by atoms with Crippen LogP contribution in [-0.2, 0) is 33.6 Å². The van der Waals surface area contributed by atoms with Crippen molar-refractivity contribution in [1.82, 2.24) is 31.5 Å². The third-order valence-electron chi connectivity index (χ3n) is 6.11. The molecule has 1 saturated heterocycles. The lowest BCUT2D eigenvalue weighted by Gasteiger charge is -2.27. The van der Waals surface area contributed by atoms with E-state index in [0.717, 1.165) is 6.42 Å². The molecule has 0 aliphatic carbocycles. The van der Waals surface area contributed by atoms with E-state index in [1.807, 2.05) is 27.7 Å². The van der Waals surface area contributed by atoms with Crippen LogP contribution in [0.4, 0.5) is 0 Å². The minimum absolute atomic E-state index is 0.0243. The van der Waals surface area contributed by atoms with E-state index in [1.165, 1.54) is 4.90 Å². The minimum Gasteiger partial charge on any atom is -0.480 e.